The molecular weight excluding hydrogens is 248 g/mol. The molecule has 0 radical (unpaired) electrons. The van der Waals surface area contributed by atoms with Crippen LogP contribution in [-0.2, 0) is 0 Å². The largest absolute Gasteiger partial charge is 0.478 e. The van der Waals surface area contributed by atoms with Gasteiger partial charge in [-0.25, -0.2) is 4.79 Å². The smallest absolute Gasteiger partial charge is 0.335 e. The summed E-state index contributed by atoms with van der Waals surface area (Å²) in [7, 11) is 0. The van der Waals surface area contributed by atoms with Crippen LogP contribution in [0.3, 0.4) is 0 Å². The molecule has 0 bridgehead atoms. The molecule has 98 valence electrons. The number of aromatic carboxylic acids is 1. The number of rotatable bonds is 3. The normalized spacial score (nSPS) is 24.5. The number of aliphatic hydroxyl groups is 1. The van der Waals surface area contributed by atoms with Crippen molar-refractivity contribution in [1.82, 2.24) is 0 Å². The third kappa shape index (κ3) is 3.50. The standard InChI is InChI=1S/C14H18O3S/c15-12-7-2-1-3-8-13(12)18-11-6-4-5-10(9-11)14(16)17/h4-6,9,12-13,15H,1-3,7-8H2,(H,16,17). The van der Waals surface area contributed by atoms with Crippen molar-refractivity contribution in [3.63, 3.8) is 0 Å². The highest BCUT2D eigenvalue weighted by Gasteiger charge is 2.22. The molecule has 4 heteroatoms. The lowest BCUT2D eigenvalue weighted by atomic mass is 10.1. The van der Waals surface area contributed by atoms with Crippen molar-refractivity contribution in [2.75, 3.05) is 0 Å². The Morgan fingerprint density at radius 3 is 2.78 bits per heavy atom. The molecule has 0 heterocycles. The van der Waals surface area contributed by atoms with Crippen LogP contribution in [0.4, 0.5) is 0 Å². The van der Waals surface area contributed by atoms with E-state index in [0.29, 0.717) is 5.56 Å². The van der Waals surface area contributed by atoms with E-state index >= 15 is 0 Å². The van der Waals surface area contributed by atoms with E-state index in [1.165, 1.54) is 6.42 Å². The van der Waals surface area contributed by atoms with Crippen molar-refractivity contribution in [2.45, 2.75) is 48.4 Å². The Hall–Kier alpha value is -1.00. The number of hydrogen-bond acceptors (Lipinski definition) is 3. The van der Waals surface area contributed by atoms with Crippen LogP contribution in [0.1, 0.15) is 42.5 Å². The van der Waals surface area contributed by atoms with Gasteiger partial charge in [0.1, 0.15) is 0 Å². The van der Waals surface area contributed by atoms with Crippen molar-refractivity contribution >= 4 is 17.7 Å². The fraction of sp³-hybridized carbons (Fsp3) is 0.500. The molecule has 1 aromatic carbocycles. The molecule has 2 atom stereocenters. The molecule has 0 aromatic heterocycles. The Kier molecular flexibility index (Phi) is 4.66. The fourth-order valence-corrected chi connectivity index (χ4v) is 3.55. The van der Waals surface area contributed by atoms with Crippen LogP contribution in [0.2, 0.25) is 0 Å². The first kappa shape index (κ1) is 13.4. The minimum atomic E-state index is -0.904. The second-order valence-electron chi connectivity index (χ2n) is 4.69. The monoisotopic (exact) mass is 266 g/mol. The Labute approximate surface area is 111 Å². The first-order chi connectivity index (χ1) is 8.66. The highest BCUT2D eigenvalue weighted by molar-refractivity contribution is 8.00. The summed E-state index contributed by atoms with van der Waals surface area (Å²) in [4.78, 5) is 11.8. The van der Waals surface area contributed by atoms with Crippen LogP contribution in [0.5, 0.6) is 0 Å². The zero-order chi connectivity index (χ0) is 13.0. The maximum atomic E-state index is 10.9. The van der Waals surface area contributed by atoms with Gasteiger partial charge in [-0.2, -0.15) is 0 Å². The number of carboxylic acids is 1. The summed E-state index contributed by atoms with van der Waals surface area (Å²) in [6, 6.07) is 6.95. The molecule has 1 fully saturated rings. The molecule has 3 nitrogen and oxygen atoms in total. The van der Waals surface area contributed by atoms with Gasteiger partial charge in [-0.05, 0) is 31.0 Å². The number of hydrogen-bond donors (Lipinski definition) is 2. The fourth-order valence-electron chi connectivity index (χ4n) is 2.27. The molecule has 0 saturated heterocycles. The summed E-state index contributed by atoms with van der Waals surface area (Å²) < 4.78 is 0. The van der Waals surface area contributed by atoms with Crippen molar-refractivity contribution in [3.05, 3.63) is 29.8 Å². The van der Waals surface area contributed by atoms with E-state index in [-0.39, 0.29) is 11.4 Å². The van der Waals surface area contributed by atoms with Crippen LogP contribution in [-0.4, -0.2) is 27.5 Å². The predicted octanol–water partition coefficient (Wildman–Crippen LogP) is 3.17. The topological polar surface area (TPSA) is 57.5 Å². The lowest BCUT2D eigenvalue weighted by Gasteiger charge is -2.19. The minimum absolute atomic E-state index is 0.191. The van der Waals surface area contributed by atoms with Gasteiger partial charge >= 0.3 is 5.97 Å². The SMILES string of the molecule is O=C(O)c1cccc(SC2CCCCCC2O)c1. The first-order valence-corrected chi connectivity index (χ1v) is 7.23. The average Bonchev–Trinajstić information content (AvgIpc) is 2.55. The second-order valence-corrected chi connectivity index (χ2v) is 6.01. The molecule has 2 rings (SSSR count). The van der Waals surface area contributed by atoms with Crippen molar-refractivity contribution < 1.29 is 15.0 Å². The molecule has 1 aliphatic rings. The van der Waals surface area contributed by atoms with Gasteiger partial charge in [0.25, 0.3) is 0 Å². The van der Waals surface area contributed by atoms with Gasteiger partial charge < -0.3 is 10.2 Å². The van der Waals surface area contributed by atoms with Crippen LogP contribution >= 0.6 is 11.8 Å². The van der Waals surface area contributed by atoms with E-state index in [2.05, 4.69) is 0 Å². The average molecular weight is 266 g/mol. The summed E-state index contributed by atoms with van der Waals surface area (Å²) in [6.45, 7) is 0. The van der Waals surface area contributed by atoms with Gasteiger partial charge in [0.15, 0.2) is 0 Å². The number of carboxylic acid groups (broad SMARTS) is 1. The maximum Gasteiger partial charge on any atom is 0.335 e. The quantitative estimate of drug-likeness (QED) is 0.825. The number of aliphatic hydroxyl groups excluding tert-OH is 1. The molecule has 1 aromatic rings. The van der Waals surface area contributed by atoms with Gasteiger partial charge in [0, 0.05) is 10.1 Å². The Balaban J connectivity index is 2.07. The number of thioether (sulfide) groups is 1. The highest BCUT2D eigenvalue weighted by Crippen LogP contribution is 2.33. The van der Waals surface area contributed by atoms with Gasteiger partial charge in [0.2, 0.25) is 0 Å². The molecule has 1 saturated carbocycles. The van der Waals surface area contributed by atoms with Crippen LogP contribution in [0, 0.1) is 0 Å². The van der Waals surface area contributed by atoms with E-state index in [1.807, 2.05) is 6.07 Å². The van der Waals surface area contributed by atoms with Crippen LogP contribution in [0.15, 0.2) is 29.2 Å². The molecule has 0 spiro atoms. The molecule has 1 aliphatic carbocycles. The number of benzene rings is 1. The molecule has 0 amide bonds. The number of carbonyl (C=O) groups is 1. The van der Waals surface area contributed by atoms with Crippen molar-refractivity contribution in [1.29, 1.82) is 0 Å². The van der Waals surface area contributed by atoms with Gasteiger partial charge in [-0.3, -0.25) is 0 Å². The Bertz CT molecular complexity index is 419. The maximum absolute atomic E-state index is 10.9. The molecule has 2 unspecified atom stereocenters. The van der Waals surface area contributed by atoms with E-state index < -0.39 is 5.97 Å². The third-order valence-corrected chi connectivity index (χ3v) is 4.66. The van der Waals surface area contributed by atoms with Crippen LogP contribution in [0.25, 0.3) is 0 Å². The summed E-state index contributed by atoms with van der Waals surface area (Å²) in [5.41, 5.74) is 0.308. The molecule has 2 N–H and O–H groups in total. The first-order valence-electron chi connectivity index (χ1n) is 6.35. The Morgan fingerprint density at radius 2 is 2.00 bits per heavy atom. The summed E-state index contributed by atoms with van der Waals surface area (Å²) in [6.07, 6.45) is 5.01. The molecular formula is C14H18O3S. The second kappa shape index (κ2) is 6.25. The predicted molar refractivity (Wildman–Crippen MR) is 72.1 cm³/mol. The van der Waals surface area contributed by atoms with E-state index in [9.17, 15) is 9.90 Å². The zero-order valence-corrected chi connectivity index (χ0v) is 11.0. The van der Waals surface area contributed by atoms with E-state index in [0.717, 1.165) is 30.6 Å². The minimum Gasteiger partial charge on any atom is -0.478 e. The van der Waals surface area contributed by atoms with Crippen molar-refractivity contribution in [3.8, 4) is 0 Å². The third-order valence-electron chi connectivity index (χ3n) is 3.29. The van der Waals surface area contributed by atoms with Gasteiger partial charge in [-0.15, -0.1) is 11.8 Å². The van der Waals surface area contributed by atoms with Gasteiger partial charge in [-0.1, -0.05) is 25.3 Å². The Morgan fingerprint density at radius 1 is 1.22 bits per heavy atom. The highest BCUT2D eigenvalue weighted by atomic mass is 32.2. The summed E-state index contributed by atoms with van der Waals surface area (Å²) >= 11 is 1.60. The van der Waals surface area contributed by atoms with E-state index in [4.69, 9.17) is 5.11 Å². The summed E-state index contributed by atoms with van der Waals surface area (Å²) in [5, 5.41) is 19.2. The zero-order valence-electron chi connectivity index (χ0n) is 10.2. The van der Waals surface area contributed by atoms with E-state index in [1.54, 1.807) is 30.0 Å². The molecule has 18 heavy (non-hydrogen) atoms. The summed E-state index contributed by atoms with van der Waals surface area (Å²) in [5.74, 6) is -0.904. The van der Waals surface area contributed by atoms with Crippen molar-refractivity contribution in [2.24, 2.45) is 0 Å². The van der Waals surface area contributed by atoms with Crippen LogP contribution < -0.4 is 0 Å². The lowest BCUT2D eigenvalue weighted by Crippen LogP contribution is -2.21. The molecule has 0 aliphatic heterocycles. The van der Waals surface area contributed by atoms with Gasteiger partial charge in [0.05, 0.1) is 11.7 Å². The lowest BCUT2D eigenvalue weighted by molar-refractivity contribution is 0.0696.